The van der Waals surface area contributed by atoms with E-state index in [1.54, 1.807) is 0 Å². The lowest BCUT2D eigenvalue weighted by Crippen LogP contribution is -2.38. The molecule has 1 aromatic rings. The fraction of sp³-hybridized carbons (Fsp3) is 0.462. The van der Waals surface area contributed by atoms with Crippen LogP contribution in [0.2, 0.25) is 0 Å². The topological polar surface area (TPSA) is 75.3 Å². The lowest BCUT2D eigenvalue weighted by molar-refractivity contribution is -0.120. The zero-order chi connectivity index (χ0) is 15.3. The van der Waals surface area contributed by atoms with Gasteiger partial charge in [0.25, 0.3) is 0 Å². The molecule has 0 bridgehead atoms. The van der Waals surface area contributed by atoms with Gasteiger partial charge in [-0.3, -0.25) is 4.79 Å². The third-order valence-corrected chi connectivity index (χ3v) is 4.12. The van der Waals surface area contributed by atoms with E-state index in [-0.39, 0.29) is 17.4 Å². The minimum atomic E-state index is -3.82. The third kappa shape index (κ3) is 4.90. The number of aryl methyl sites for hydroxylation is 1. The summed E-state index contributed by atoms with van der Waals surface area (Å²) < 4.78 is 39.1. The minimum Gasteiger partial charge on any atom is -0.355 e. The van der Waals surface area contributed by atoms with Gasteiger partial charge >= 0.3 is 0 Å². The van der Waals surface area contributed by atoms with Gasteiger partial charge in [-0.05, 0) is 36.6 Å². The molecule has 0 unspecified atom stereocenters. The first-order chi connectivity index (χ1) is 9.22. The largest absolute Gasteiger partial charge is 0.355 e. The molecule has 1 rings (SSSR count). The monoisotopic (exact) mass is 302 g/mol. The smallest absolute Gasteiger partial charge is 0.241 e. The first-order valence-electron chi connectivity index (χ1n) is 6.25. The van der Waals surface area contributed by atoms with Gasteiger partial charge in [0, 0.05) is 6.54 Å². The van der Waals surface area contributed by atoms with Crippen LogP contribution in [0.25, 0.3) is 0 Å². The summed E-state index contributed by atoms with van der Waals surface area (Å²) in [7, 11) is -3.82. The van der Waals surface area contributed by atoms with Gasteiger partial charge in [0.05, 0.1) is 11.4 Å². The molecule has 2 N–H and O–H groups in total. The molecule has 0 atom stereocenters. The molecule has 0 radical (unpaired) electrons. The van der Waals surface area contributed by atoms with Gasteiger partial charge in [0.1, 0.15) is 5.82 Å². The Kier molecular flexibility index (Phi) is 5.64. The van der Waals surface area contributed by atoms with E-state index in [0.717, 1.165) is 12.1 Å². The number of benzene rings is 1. The molecule has 0 saturated carbocycles. The van der Waals surface area contributed by atoms with Gasteiger partial charge in [0.15, 0.2) is 0 Å². The fourth-order valence-corrected chi connectivity index (χ4v) is 2.74. The van der Waals surface area contributed by atoms with Crippen molar-refractivity contribution in [1.29, 1.82) is 0 Å². The Morgan fingerprint density at radius 1 is 1.35 bits per heavy atom. The second kappa shape index (κ2) is 6.81. The second-order valence-corrected chi connectivity index (χ2v) is 6.67. The molecule has 0 aromatic heterocycles. The number of hydrogen-bond acceptors (Lipinski definition) is 3. The van der Waals surface area contributed by atoms with E-state index < -0.39 is 21.7 Å². The van der Waals surface area contributed by atoms with E-state index in [0.29, 0.717) is 12.1 Å². The number of sulfonamides is 1. The SMILES string of the molecule is Cc1cc(F)ccc1S(=O)(=O)NCC(=O)NCC(C)C. The van der Waals surface area contributed by atoms with Crippen LogP contribution in [0.5, 0.6) is 0 Å². The Labute approximate surface area is 118 Å². The van der Waals surface area contributed by atoms with E-state index in [4.69, 9.17) is 0 Å². The Balaban J connectivity index is 2.68. The number of nitrogens with one attached hydrogen (secondary N) is 2. The first kappa shape index (κ1) is 16.6. The molecule has 5 nitrogen and oxygen atoms in total. The molecule has 1 aromatic carbocycles. The molecule has 0 fully saturated rings. The summed E-state index contributed by atoms with van der Waals surface area (Å²) in [6.45, 7) is 5.51. The van der Waals surface area contributed by atoms with Gasteiger partial charge in [0.2, 0.25) is 15.9 Å². The van der Waals surface area contributed by atoms with Crippen LogP contribution in [0.15, 0.2) is 23.1 Å². The normalized spacial score (nSPS) is 11.7. The molecular formula is C13H19FN2O3S. The Hall–Kier alpha value is -1.47. The molecular weight excluding hydrogens is 283 g/mol. The number of amides is 1. The molecule has 0 aliphatic heterocycles. The van der Waals surface area contributed by atoms with Crippen LogP contribution in [0, 0.1) is 18.7 Å². The van der Waals surface area contributed by atoms with E-state index in [1.807, 2.05) is 13.8 Å². The average Bonchev–Trinajstić information content (AvgIpc) is 2.33. The highest BCUT2D eigenvalue weighted by molar-refractivity contribution is 7.89. The maximum Gasteiger partial charge on any atom is 0.241 e. The van der Waals surface area contributed by atoms with Gasteiger partial charge in [-0.2, -0.15) is 0 Å². The predicted molar refractivity (Wildman–Crippen MR) is 74.2 cm³/mol. The van der Waals surface area contributed by atoms with Crippen molar-refractivity contribution in [3.05, 3.63) is 29.6 Å². The lowest BCUT2D eigenvalue weighted by atomic mass is 10.2. The summed E-state index contributed by atoms with van der Waals surface area (Å²) in [5, 5.41) is 2.60. The van der Waals surface area contributed by atoms with Crippen molar-refractivity contribution < 1.29 is 17.6 Å². The highest BCUT2D eigenvalue weighted by Crippen LogP contribution is 2.15. The van der Waals surface area contributed by atoms with Crippen LogP contribution in [-0.2, 0) is 14.8 Å². The molecule has 0 aliphatic rings. The van der Waals surface area contributed by atoms with E-state index in [9.17, 15) is 17.6 Å². The predicted octanol–water partition coefficient (Wildman–Crippen LogP) is 1.18. The van der Waals surface area contributed by atoms with Crippen LogP contribution in [0.3, 0.4) is 0 Å². The van der Waals surface area contributed by atoms with Gasteiger partial charge in [-0.25, -0.2) is 17.5 Å². The van der Waals surface area contributed by atoms with E-state index >= 15 is 0 Å². The van der Waals surface area contributed by atoms with Crippen LogP contribution in [0.4, 0.5) is 4.39 Å². The molecule has 112 valence electrons. The van der Waals surface area contributed by atoms with E-state index in [1.165, 1.54) is 13.0 Å². The van der Waals surface area contributed by atoms with Crippen molar-refractivity contribution >= 4 is 15.9 Å². The molecule has 0 heterocycles. The highest BCUT2D eigenvalue weighted by Gasteiger charge is 2.18. The molecule has 0 spiro atoms. The number of carbonyl (C=O) groups is 1. The van der Waals surface area contributed by atoms with Crippen LogP contribution in [-0.4, -0.2) is 27.4 Å². The van der Waals surface area contributed by atoms with Crippen molar-refractivity contribution in [2.24, 2.45) is 5.92 Å². The van der Waals surface area contributed by atoms with Crippen LogP contribution < -0.4 is 10.0 Å². The standard InChI is InChI=1S/C13H19FN2O3S/c1-9(2)7-15-13(17)8-16-20(18,19)12-5-4-11(14)6-10(12)3/h4-6,9,16H,7-8H2,1-3H3,(H,15,17). The van der Waals surface area contributed by atoms with Crippen LogP contribution >= 0.6 is 0 Å². The summed E-state index contributed by atoms with van der Waals surface area (Å²) in [6, 6.07) is 3.38. The summed E-state index contributed by atoms with van der Waals surface area (Å²) in [5.41, 5.74) is 0.292. The van der Waals surface area contributed by atoms with E-state index in [2.05, 4.69) is 10.0 Å². The second-order valence-electron chi connectivity index (χ2n) is 4.93. The maximum absolute atomic E-state index is 12.9. The lowest BCUT2D eigenvalue weighted by Gasteiger charge is -2.10. The molecule has 0 saturated heterocycles. The fourth-order valence-electron chi connectivity index (χ4n) is 1.53. The molecule has 20 heavy (non-hydrogen) atoms. The van der Waals surface area contributed by atoms with Crippen molar-refractivity contribution in [2.45, 2.75) is 25.7 Å². The minimum absolute atomic E-state index is 0.0319. The first-order valence-corrected chi connectivity index (χ1v) is 7.73. The number of rotatable bonds is 6. The zero-order valence-electron chi connectivity index (χ0n) is 11.7. The summed E-state index contributed by atoms with van der Waals surface area (Å²) >= 11 is 0. The van der Waals surface area contributed by atoms with Crippen molar-refractivity contribution in [3.8, 4) is 0 Å². The third-order valence-electron chi connectivity index (χ3n) is 2.56. The van der Waals surface area contributed by atoms with Crippen molar-refractivity contribution in [2.75, 3.05) is 13.1 Å². The average molecular weight is 302 g/mol. The summed E-state index contributed by atoms with van der Waals surface area (Å²) in [4.78, 5) is 11.4. The zero-order valence-corrected chi connectivity index (χ0v) is 12.6. The Morgan fingerprint density at radius 2 is 2.00 bits per heavy atom. The van der Waals surface area contributed by atoms with Gasteiger partial charge in [-0.1, -0.05) is 13.8 Å². The Morgan fingerprint density at radius 3 is 2.55 bits per heavy atom. The molecule has 1 amide bonds. The number of carbonyl (C=O) groups excluding carboxylic acids is 1. The summed E-state index contributed by atoms with van der Waals surface area (Å²) in [5.74, 6) is -0.618. The summed E-state index contributed by atoms with van der Waals surface area (Å²) in [6.07, 6.45) is 0. The molecule has 0 aliphatic carbocycles. The van der Waals surface area contributed by atoms with Crippen molar-refractivity contribution in [1.82, 2.24) is 10.0 Å². The van der Waals surface area contributed by atoms with Crippen molar-refractivity contribution in [3.63, 3.8) is 0 Å². The molecule has 7 heteroatoms. The van der Waals surface area contributed by atoms with Crippen LogP contribution in [0.1, 0.15) is 19.4 Å². The van der Waals surface area contributed by atoms with Gasteiger partial charge < -0.3 is 5.32 Å². The quantitative estimate of drug-likeness (QED) is 0.828. The number of halogens is 1. The maximum atomic E-state index is 12.9. The number of hydrogen-bond donors (Lipinski definition) is 2. The highest BCUT2D eigenvalue weighted by atomic mass is 32.2. The van der Waals surface area contributed by atoms with Gasteiger partial charge in [-0.15, -0.1) is 0 Å². The Bertz CT molecular complexity index is 585.